The van der Waals surface area contributed by atoms with E-state index in [-0.39, 0.29) is 11.0 Å². The molecule has 0 atom stereocenters. The molecule has 5 nitrogen and oxygen atoms in total. The monoisotopic (exact) mass is 421 g/mol. The van der Waals surface area contributed by atoms with Gasteiger partial charge in [0.05, 0.1) is 0 Å². The third-order valence-corrected chi connectivity index (χ3v) is 4.77. The van der Waals surface area contributed by atoms with Crippen LogP contribution in [0.2, 0.25) is 5.02 Å². The first kappa shape index (κ1) is 19.1. The van der Waals surface area contributed by atoms with E-state index in [4.69, 9.17) is 28.2 Å². The van der Waals surface area contributed by atoms with Gasteiger partial charge in [0.25, 0.3) is 5.91 Å². The molecular formula is C22H16ClN3O2S. The zero-order valence-electron chi connectivity index (χ0n) is 15.4. The summed E-state index contributed by atoms with van der Waals surface area (Å²) in [7, 11) is 0. The molecule has 0 radical (unpaired) electrons. The third-order valence-electron chi connectivity index (χ3n) is 4.33. The van der Waals surface area contributed by atoms with E-state index in [1.165, 1.54) is 0 Å². The van der Waals surface area contributed by atoms with Gasteiger partial charge in [0, 0.05) is 21.8 Å². The number of hydrogen-bond donors (Lipinski definition) is 2. The van der Waals surface area contributed by atoms with Crippen molar-refractivity contribution in [2.45, 2.75) is 6.92 Å². The predicted molar refractivity (Wildman–Crippen MR) is 119 cm³/mol. The number of carbonyl (C=O) groups excluding carboxylic acids is 1. The fourth-order valence-electron chi connectivity index (χ4n) is 2.90. The number of amides is 1. The van der Waals surface area contributed by atoms with Crippen LogP contribution in [0.4, 0.5) is 5.69 Å². The van der Waals surface area contributed by atoms with Crippen LogP contribution in [-0.2, 0) is 0 Å². The number of rotatable bonds is 3. The van der Waals surface area contributed by atoms with Crippen LogP contribution in [0.1, 0.15) is 15.9 Å². The molecule has 29 heavy (non-hydrogen) atoms. The van der Waals surface area contributed by atoms with Crippen LogP contribution in [0.3, 0.4) is 0 Å². The van der Waals surface area contributed by atoms with Crippen LogP contribution in [0.25, 0.3) is 22.6 Å². The van der Waals surface area contributed by atoms with Crippen LogP contribution in [-0.4, -0.2) is 16.0 Å². The maximum Gasteiger partial charge on any atom is 0.257 e. The molecule has 0 fully saturated rings. The van der Waals surface area contributed by atoms with E-state index in [0.717, 1.165) is 11.1 Å². The van der Waals surface area contributed by atoms with Gasteiger partial charge in [0.2, 0.25) is 5.89 Å². The maximum atomic E-state index is 12.3. The molecule has 0 saturated carbocycles. The number of thiocarbonyl (C=S) groups is 1. The molecule has 1 amide bonds. The summed E-state index contributed by atoms with van der Waals surface area (Å²) < 4.78 is 5.87. The highest BCUT2D eigenvalue weighted by molar-refractivity contribution is 7.80. The number of nitrogens with one attached hydrogen (secondary N) is 2. The second-order valence-electron chi connectivity index (χ2n) is 6.44. The first-order valence-corrected chi connectivity index (χ1v) is 9.63. The van der Waals surface area contributed by atoms with Crippen molar-refractivity contribution in [3.63, 3.8) is 0 Å². The first-order valence-electron chi connectivity index (χ1n) is 8.84. The zero-order chi connectivity index (χ0) is 20.4. The van der Waals surface area contributed by atoms with E-state index in [2.05, 4.69) is 15.6 Å². The largest absolute Gasteiger partial charge is 0.436 e. The lowest BCUT2D eigenvalue weighted by atomic mass is 10.1. The molecule has 1 aromatic heterocycles. The average Bonchev–Trinajstić information content (AvgIpc) is 3.11. The lowest BCUT2D eigenvalue weighted by Crippen LogP contribution is -2.34. The van der Waals surface area contributed by atoms with Gasteiger partial charge in [-0.2, -0.15) is 0 Å². The summed E-state index contributed by atoms with van der Waals surface area (Å²) in [4.78, 5) is 16.9. The number of oxazole rings is 1. The van der Waals surface area contributed by atoms with Gasteiger partial charge in [-0.15, -0.1) is 0 Å². The summed E-state index contributed by atoms with van der Waals surface area (Å²) in [5.41, 5.74) is 4.51. The van der Waals surface area contributed by atoms with E-state index in [9.17, 15) is 4.79 Å². The van der Waals surface area contributed by atoms with Gasteiger partial charge >= 0.3 is 0 Å². The second kappa shape index (κ2) is 8.03. The van der Waals surface area contributed by atoms with Crippen molar-refractivity contribution in [2.75, 3.05) is 5.32 Å². The fraction of sp³-hybridized carbons (Fsp3) is 0.0455. The average molecular weight is 422 g/mol. The van der Waals surface area contributed by atoms with Gasteiger partial charge in [-0.1, -0.05) is 35.9 Å². The molecule has 0 unspecified atom stereocenters. The number of fused-ring (bicyclic) bond motifs is 1. The van der Waals surface area contributed by atoms with Crippen LogP contribution >= 0.6 is 23.8 Å². The molecule has 144 valence electrons. The summed E-state index contributed by atoms with van der Waals surface area (Å²) in [5, 5.41) is 6.29. The first-order chi connectivity index (χ1) is 14.0. The van der Waals surface area contributed by atoms with E-state index >= 15 is 0 Å². The maximum absolute atomic E-state index is 12.3. The Labute approximate surface area is 177 Å². The highest BCUT2D eigenvalue weighted by atomic mass is 35.5. The Morgan fingerprint density at radius 1 is 1.07 bits per heavy atom. The Morgan fingerprint density at radius 2 is 1.90 bits per heavy atom. The molecular weight excluding hydrogens is 406 g/mol. The highest BCUT2D eigenvalue weighted by Crippen LogP contribution is 2.28. The molecule has 0 saturated heterocycles. The summed E-state index contributed by atoms with van der Waals surface area (Å²) in [6, 6.07) is 20.0. The van der Waals surface area contributed by atoms with Crippen LogP contribution in [0, 0.1) is 6.92 Å². The van der Waals surface area contributed by atoms with Crippen molar-refractivity contribution in [1.29, 1.82) is 0 Å². The van der Waals surface area contributed by atoms with Gasteiger partial charge < -0.3 is 9.73 Å². The number of aryl methyl sites for hydroxylation is 1. The Hall–Kier alpha value is -3.22. The standard InChI is InChI=1S/C22H16ClN3O2S/c1-13-5-2-3-8-17(13)21-25-18-12-16(9-10-19(18)28-21)24-22(29)26-20(27)14-6-4-7-15(23)11-14/h2-12H,1H3,(H2,24,26,27,29). The normalized spacial score (nSPS) is 10.7. The summed E-state index contributed by atoms with van der Waals surface area (Å²) in [5.74, 6) is 0.224. The van der Waals surface area contributed by atoms with E-state index in [0.29, 0.717) is 33.3 Å². The molecule has 2 N–H and O–H groups in total. The van der Waals surface area contributed by atoms with Crippen LogP contribution < -0.4 is 10.6 Å². The Morgan fingerprint density at radius 3 is 2.69 bits per heavy atom. The Bertz CT molecular complexity index is 1240. The van der Waals surface area contributed by atoms with Crippen molar-refractivity contribution in [1.82, 2.24) is 10.3 Å². The van der Waals surface area contributed by atoms with Gasteiger partial charge in [-0.05, 0) is 67.2 Å². The Balaban J connectivity index is 1.50. The van der Waals surface area contributed by atoms with Crippen molar-refractivity contribution in [3.05, 3.63) is 82.9 Å². The second-order valence-corrected chi connectivity index (χ2v) is 7.28. The molecule has 0 aliphatic carbocycles. The molecule has 0 spiro atoms. The highest BCUT2D eigenvalue weighted by Gasteiger charge is 2.12. The minimum absolute atomic E-state index is 0.178. The quantitative estimate of drug-likeness (QED) is 0.422. The zero-order valence-corrected chi connectivity index (χ0v) is 17.0. The third kappa shape index (κ3) is 4.29. The van der Waals surface area contributed by atoms with Crippen LogP contribution in [0.15, 0.2) is 71.1 Å². The number of nitrogens with zero attached hydrogens (tertiary/aromatic N) is 1. The smallest absolute Gasteiger partial charge is 0.257 e. The minimum atomic E-state index is -0.339. The molecule has 4 rings (SSSR count). The number of halogens is 1. The van der Waals surface area contributed by atoms with Crippen molar-refractivity contribution >= 4 is 51.6 Å². The lowest BCUT2D eigenvalue weighted by molar-refractivity contribution is 0.0977. The van der Waals surface area contributed by atoms with Crippen molar-refractivity contribution in [3.8, 4) is 11.5 Å². The topological polar surface area (TPSA) is 67.2 Å². The van der Waals surface area contributed by atoms with Crippen molar-refractivity contribution < 1.29 is 9.21 Å². The van der Waals surface area contributed by atoms with E-state index < -0.39 is 0 Å². The van der Waals surface area contributed by atoms with Gasteiger partial charge in [0.15, 0.2) is 10.7 Å². The van der Waals surface area contributed by atoms with E-state index in [1.807, 2.05) is 49.4 Å². The number of benzene rings is 3. The molecule has 0 bridgehead atoms. The molecule has 1 heterocycles. The van der Waals surface area contributed by atoms with Crippen molar-refractivity contribution in [2.24, 2.45) is 0 Å². The van der Waals surface area contributed by atoms with Gasteiger partial charge in [-0.25, -0.2) is 4.98 Å². The number of hydrogen-bond acceptors (Lipinski definition) is 4. The predicted octanol–water partition coefficient (Wildman–Crippen LogP) is 5.58. The number of aromatic nitrogens is 1. The summed E-state index contributed by atoms with van der Waals surface area (Å²) in [6.45, 7) is 2.01. The van der Waals surface area contributed by atoms with E-state index in [1.54, 1.807) is 24.3 Å². The molecule has 7 heteroatoms. The molecule has 4 aromatic rings. The molecule has 0 aliphatic heterocycles. The molecule has 3 aromatic carbocycles. The SMILES string of the molecule is Cc1ccccc1-c1nc2cc(NC(=S)NC(=O)c3cccc(Cl)c3)ccc2o1. The summed E-state index contributed by atoms with van der Waals surface area (Å²) in [6.07, 6.45) is 0. The van der Waals surface area contributed by atoms with Crippen LogP contribution in [0.5, 0.6) is 0 Å². The van der Waals surface area contributed by atoms with Gasteiger partial charge in [0.1, 0.15) is 5.52 Å². The number of carbonyl (C=O) groups is 1. The molecule has 0 aliphatic rings. The fourth-order valence-corrected chi connectivity index (χ4v) is 3.30. The minimum Gasteiger partial charge on any atom is -0.436 e. The summed E-state index contributed by atoms with van der Waals surface area (Å²) >= 11 is 11.2. The van der Waals surface area contributed by atoms with Gasteiger partial charge in [-0.3, -0.25) is 10.1 Å². The Kier molecular flexibility index (Phi) is 5.29. The number of anilines is 1. The lowest BCUT2D eigenvalue weighted by Gasteiger charge is -2.09.